The molecule has 78 valence electrons. The smallest absolute Gasteiger partial charge is 0.0337 e. The molecule has 0 amide bonds. The highest BCUT2D eigenvalue weighted by molar-refractivity contribution is 7.10. The number of rotatable bonds is 2. The number of hydrogen-bond acceptors (Lipinski definition) is 2. The van der Waals surface area contributed by atoms with Gasteiger partial charge < -0.3 is 5.73 Å². The number of thiophene rings is 1. The van der Waals surface area contributed by atoms with E-state index in [4.69, 9.17) is 5.73 Å². The molecular weight excluding hydrogens is 190 g/mol. The molecule has 0 spiro atoms. The zero-order chi connectivity index (χ0) is 10.1. The van der Waals surface area contributed by atoms with E-state index >= 15 is 0 Å². The van der Waals surface area contributed by atoms with Crippen LogP contribution in [0, 0.1) is 18.8 Å². The summed E-state index contributed by atoms with van der Waals surface area (Å²) in [6.45, 7) is 4.53. The molecule has 1 fully saturated rings. The van der Waals surface area contributed by atoms with Gasteiger partial charge in [0.25, 0.3) is 0 Å². The highest BCUT2D eigenvalue weighted by Gasteiger charge is 2.30. The Morgan fingerprint density at radius 1 is 1.50 bits per heavy atom. The summed E-state index contributed by atoms with van der Waals surface area (Å²) in [5.41, 5.74) is 7.73. The third kappa shape index (κ3) is 1.73. The van der Waals surface area contributed by atoms with Crippen LogP contribution in [0.5, 0.6) is 0 Å². The molecule has 2 rings (SSSR count). The molecule has 1 saturated carbocycles. The highest BCUT2D eigenvalue weighted by Crippen LogP contribution is 2.40. The summed E-state index contributed by atoms with van der Waals surface area (Å²) < 4.78 is 0. The van der Waals surface area contributed by atoms with Crippen LogP contribution in [-0.4, -0.2) is 0 Å². The summed E-state index contributed by atoms with van der Waals surface area (Å²) in [4.78, 5) is 1.40. The van der Waals surface area contributed by atoms with Crippen LogP contribution >= 0.6 is 11.3 Å². The van der Waals surface area contributed by atoms with Gasteiger partial charge in [0.1, 0.15) is 0 Å². The molecule has 0 aromatic carbocycles. The predicted molar refractivity (Wildman–Crippen MR) is 62.5 cm³/mol. The highest BCUT2D eigenvalue weighted by atomic mass is 32.1. The van der Waals surface area contributed by atoms with Crippen molar-refractivity contribution >= 4 is 11.3 Å². The Labute approximate surface area is 90.3 Å². The first-order valence-corrected chi connectivity index (χ1v) is 6.37. The Bertz CT molecular complexity index is 305. The van der Waals surface area contributed by atoms with Gasteiger partial charge in [-0.2, -0.15) is 0 Å². The van der Waals surface area contributed by atoms with Gasteiger partial charge in [0.15, 0.2) is 0 Å². The first-order valence-electron chi connectivity index (χ1n) is 5.49. The van der Waals surface area contributed by atoms with Crippen LogP contribution in [0.4, 0.5) is 0 Å². The first kappa shape index (κ1) is 10.2. The van der Waals surface area contributed by atoms with Crippen molar-refractivity contribution in [1.29, 1.82) is 0 Å². The molecule has 0 radical (unpaired) electrons. The van der Waals surface area contributed by atoms with Crippen LogP contribution in [0.15, 0.2) is 11.4 Å². The fraction of sp³-hybridized carbons (Fsp3) is 0.667. The minimum absolute atomic E-state index is 0.277. The Morgan fingerprint density at radius 2 is 2.29 bits per heavy atom. The van der Waals surface area contributed by atoms with E-state index in [1.54, 1.807) is 0 Å². The zero-order valence-corrected chi connectivity index (χ0v) is 9.81. The molecule has 0 aliphatic heterocycles. The Hall–Kier alpha value is -0.340. The lowest BCUT2D eigenvalue weighted by atomic mass is 9.87. The van der Waals surface area contributed by atoms with Gasteiger partial charge in [0.05, 0.1) is 0 Å². The van der Waals surface area contributed by atoms with Gasteiger partial charge in [-0.05, 0) is 42.2 Å². The van der Waals surface area contributed by atoms with E-state index in [0.717, 1.165) is 5.92 Å². The van der Waals surface area contributed by atoms with Crippen molar-refractivity contribution in [3.05, 3.63) is 21.9 Å². The zero-order valence-electron chi connectivity index (χ0n) is 8.99. The summed E-state index contributed by atoms with van der Waals surface area (Å²) in [7, 11) is 0. The quantitative estimate of drug-likeness (QED) is 0.792. The monoisotopic (exact) mass is 209 g/mol. The maximum absolute atomic E-state index is 6.34. The van der Waals surface area contributed by atoms with Crippen molar-refractivity contribution in [1.82, 2.24) is 0 Å². The molecule has 1 aromatic rings. The van der Waals surface area contributed by atoms with E-state index in [-0.39, 0.29) is 6.04 Å². The number of aryl methyl sites for hydroxylation is 1. The summed E-state index contributed by atoms with van der Waals surface area (Å²) in [5.74, 6) is 1.52. The Morgan fingerprint density at radius 3 is 2.79 bits per heavy atom. The molecule has 1 nitrogen and oxygen atoms in total. The molecule has 1 aromatic heterocycles. The third-order valence-corrected chi connectivity index (χ3v) is 4.51. The van der Waals surface area contributed by atoms with Crippen LogP contribution in [0.1, 0.15) is 42.7 Å². The minimum atomic E-state index is 0.277. The predicted octanol–water partition coefficient (Wildman–Crippen LogP) is 3.49. The summed E-state index contributed by atoms with van der Waals surface area (Å²) >= 11 is 1.81. The first-order chi connectivity index (χ1) is 6.70. The number of hydrogen-bond donors (Lipinski definition) is 1. The lowest BCUT2D eigenvalue weighted by molar-refractivity contribution is 0.351. The molecule has 1 heterocycles. The van der Waals surface area contributed by atoms with Crippen LogP contribution < -0.4 is 5.73 Å². The van der Waals surface area contributed by atoms with E-state index in [2.05, 4.69) is 25.3 Å². The van der Waals surface area contributed by atoms with E-state index in [1.165, 1.54) is 29.7 Å². The number of nitrogens with two attached hydrogens (primary N) is 1. The maximum Gasteiger partial charge on any atom is 0.0337 e. The van der Waals surface area contributed by atoms with Crippen molar-refractivity contribution < 1.29 is 0 Å². The molecule has 1 aliphatic carbocycles. The van der Waals surface area contributed by atoms with Crippen LogP contribution in [-0.2, 0) is 0 Å². The van der Waals surface area contributed by atoms with Gasteiger partial charge in [0, 0.05) is 10.9 Å². The van der Waals surface area contributed by atoms with Crippen molar-refractivity contribution in [2.75, 3.05) is 0 Å². The molecule has 2 N–H and O–H groups in total. The van der Waals surface area contributed by atoms with Gasteiger partial charge in [-0.1, -0.05) is 19.8 Å². The fourth-order valence-corrected chi connectivity index (χ4v) is 3.44. The Balaban J connectivity index is 2.15. The maximum atomic E-state index is 6.34. The third-order valence-electron chi connectivity index (χ3n) is 3.65. The fourth-order valence-electron chi connectivity index (χ4n) is 2.68. The molecule has 1 aliphatic rings. The van der Waals surface area contributed by atoms with E-state index < -0.39 is 0 Å². The van der Waals surface area contributed by atoms with Gasteiger partial charge >= 0.3 is 0 Å². The lowest BCUT2D eigenvalue weighted by Crippen LogP contribution is -2.23. The average Bonchev–Trinajstić information content (AvgIpc) is 2.73. The van der Waals surface area contributed by atoms with Crippen molar-refractivity contribution in [3.63, 3.8) is 0 Å². The summed E-state index contributed by atoms with van der Waals surface area (Å²) in [5, 5.41) is 2.16. The second-order valence-corrected chi connectivity index (χ2v) is 5.65. The molecule has 14 heavy (non-hydrogen) atoms. The average molecular weight is 209 g/mol. The van der Waals surface area contributed by atoms with Gasteiger partial charge in [0.2, 0.25) is 0 Å². The normalized spacial score (nSPS) is 29.4. The van der Waals surface area contributed by atoms with Crippen molar-refractivity contribution in [2.45, 2.75) is 39.2 Å². The van der Waals surface area contributed by atoms with Crippen LogP contribution in [0.3, 0.4) is 0 Å². The Kier molecular flexibility index (Phi) is 2.93. The second-order valence-electron chi connectivity index (χ2n) is 4.53. The van der Waals surface area contributed by atoms with Gasteiger partial charge in [-0.3, -0.25) is 0 Å². The van der Waals surface area contributed by atoms with Crippen molar-refractivity contribution in [2.24, 2.45) is 17.6 Å². The van der Waals surface area contributed by atoms with E-state index in [0.29, 0.717) is 5.92 Å². The molecule has 0 saturated heterocycles. The largest absolute Gasteiger partial charge is 0.324 e. The molecule has 2 heteroatoms. The lowest BCUT2D eigenvalue weighted by Gasteiger charge is -2.23. The molecule has 0 bridgehead atoms. The standard InChI is InChI=1S/C12H19NS/c1-8-4-3-5-10(8)12(13)11-6-7-14-9(11)2/h6-8,10,12H,3-5,13H2,1-2H3. The van der Waals surface area contributed by atoms with E-state index in [9.17, 15) is 0 Å². The van der Waals surface area contributed by atoms with Gasteiger partial charge in [-0.15, -0.1) is 11.3 Å². The summed E-state index contributed by atoms with van der Waals surface area (Å²) in [6.07, 6.45) is 4.04. The van der Waals surface area contributed by atoms with Crippen LogP contribution in [0.25, 0.3) is 0 Å². The molecule has 3 unspecified atom stereocenters. The minimum Gasteiger partial charge on any atom is -0.324 e. The SMILES string of the molecule is Cc1sccc1C(N)C1CCCC1C. The summed E-state index contributed by atoms with van der Waals surface area (Å²) in [6, 6.07) is 2.48. The molecular formula is C12H19NS. The molecule has 3 atom stereocenters. The van der Waals surface area contributed by atoms with E-state index in [1.807, 2.05) is 11.3 Å². The van der Waals surface area contributed by atoms with Crippen LogP contribution in [0.2, 0.25) is 0 Å². The van der Waals surface area contributed by atoms with Crippen molar-refractivity contribution in [3.8, 4) is 0 Å². The second kappa shape index (κ2) is 4.03. The van der Waals surface area contributed by atoms with Gasteiger partial charge in [-0.25, -0.2) is 0 Å². The topological polar surface area (TPSA) is 26.0 Å².